The molecule has 0 atom stereocenters. The van der Waals surface area contributed by atoms with E-state index >= 15 is 0 Å². The van der Waals surface area contributed by atoms with E-state index in [-0.39, 0.29) is 0 Å². The molecule has 3 aromatic rings. The summed E-state index contributed by atoms with van der Waals surface area (Å²) in [6, 6.07) is 23.6. The third-order valence-corrected chi connectivity index (χ3v) is 3.44. The fourth-order valence-corrected chi connectivity index (χ4v) is 2.51. The Morgan fingerprint density at radius 1 is 0.789 bits per heavy atom. The Morgan fingerprint density at radius 3 is 2.32 bits per heavy atom. The highest BCUT2D eigenvalue weighted by Gasteiger charge is 2.03. The van der Waals surface area contributed by atoms with Gasteiger partial charge in [0.2, 0.25) is 0 Å². The van der Waals surface area contributed by atoms with Gasteiger partial charge in [0.1, 0.15) is 0 Å². The topological polar surface area (TPSA) is 12.0 Å². The van der Waals surface area contributed by atoms with Crippen LogP contribution in [0.5, 0.6) is 0 Å². The summed E-state index contributed by atoms with van der Waals surface area (Å²) in [5, 5.41) is 5.87. The Labute approximate surface area is 113 Å². The minimum atomic E-state index is 0.973. The van der Waals surface area contributed by atoms with Crippen molar-refractivity contribution < 1.29 is 0 Å². The van der Waals surface area contributed by atoms with Crippen molar-refractivity contribution in [3.63, 3.8) is 0 Å². The van der Waals surface area contributed by atoms with E-state index in [1.165, 1.54) is 27.6 Å². The number of fused-ring (bicyclic) bond motifs is 1. The summed E-state index contributed by atoms with van der Waals surface area (Å²) < 4.78 is 0. The monoisotopic (exact) mass is 247 g/mol. The lowest BCUT2D eigenvalue weighted by molar-refractivity contribution is 1.20. The van der Waals surface area contributed by atoms with Crippen molar-refractivity contribution in [1.29, 1.82) is 0 Å². The molecule has 19 heavy (non-hydrogen) atoms. The minimum absolute atomic E-state index is 0.973. The van der Waals surface area contributed by atoms with Crippen molar-refractivity contribution in [3.05, 3.63) is 77.9 Å². The van der Waals surface area contributed by atoms with Gasteiger partial charge >= 0.3 is 0 Å². The Bertz CT molecular complexity index is 686. The van der Waals surface area contributed by atoms with Gasteiger partial charge < -0.3 is 5.32 Å². The maximum absolute atomic E-state index is 3.30. The molecule has 1 nitrogen and oxygen atoms in total. The van der Waals surface area contributed by atoms with Crippen LogP contribution in [-0.2, 0) is 6.42 Å². The zero-order valence-corrected chi connectivity index (χ0v) is 11.1. The highest BCUT2D eigenvalue weighted by molar-refractivity contribution is 5.94. The van der Waals surface area contributed by atoms with Crippen LogP contribution < -0.4 is 5.32 Å². The number of benzene rings is 3. The van der Waals surface area contributed by atoms with Crippen molar-refractivity contribution in [2.24, 2.45) is 0 Å². The molecule has 0 unspecified atom stereocenters. The fourth-order valence-electron chi connectivity index (χ4n) is 2.51. The van der Waals surface area contributed by atoms with Crippen molar-refractivity contribution in [3.8, 4) is 0 Å². The van der Waals surface area contributed by atoms with Crippen LogP contribution in [0.1, 0.15) is 11.1 Å². The molecular weight excluding hydrogens is 230 g/mol. The number of hydrogen-bond acceptors (Lipinski definition) is 1. The van der Waals surface area contributed by atoms with Gasteiger partial charge in [-0.25, -0.2) is 0 Å². The Hall–Kier alpha value is -2.28. The van der Waals surface area contributed by atoms with Gasteiger partial charge in [-0.2, -0.15) is 0 Å². The lowest BCUT2D eigenvalue weighted by Gasteiger charge is -2.10. The van der Waals surface area contributed by atoms with Crippen LogP contribution in [0.2, 0.25) is 0 Å². The van der Waals surface area contributed by atoms with Crippen LogP contribution in [0.3, 0.4) is 0 Å². The molecule has 0 aromatic heterocycles. The normalized spacial score (nSPS) is 10.6. The van der Waals surface area contributed by atoms with Gasteiger partial charge in [0.05, 0.1) is 0 Å². The molecule has 0 saturated heterocycles. The number of anilines is 1. The lowest BCUT2D eigenvalue weighted by atomic mass is 10.00. The first-order valence-electron chi connectivity index (χ1n) is 6.60. The quantitative estimate of drug-likeness (QED) is 0.720. The summed E-state index contributed by atoms with van der Waals surface area (Å²) in [4.78, 5) is 0. The number of nitrogens with one attached hydrogen (secondary N) is 1. The second-order valence-electron chi connectivity index (χ2n) is 4.78. The van der Waals surface area contributed by atoms with Crippen molar-refractivity contribution in [2.75, 3.05) is 12.4 Å². The van der Waals surface area contributed by atoms with Gasteiger partial charge in [0, 0.05) is 18.1 Å². The highest BCUT2D eigenvalue weighted by Crippen LogP contribution is 2.26. The largest absolute Gasteiger partial charge is 0.388 e. The molecule has 0 heterocycles. The molecule has 1 heteroatoms. The predicted molar refractivity (Wildman–Crippen MR) is 82.7 cm³/mol. The molecule has 0 amide bonds. The second kappa shape index (κ2) is 5.15. The number of hydrogen-bond donors (Lipinski definition) is 1. The van der Waals surface area contributed by atoms with E-state index in [0.29, 0.717) is 0 Å². The summed E-state index contributed by atoms with van der Waals surface area (Å²) in [7, 11) is 1.98. The van der Waals surface area contributed by atoms with E-state index in [1.54, 1.807) is 0 Å². The van der Waals surface area contributed by atoms with E-state index in [0.717, 1.165) is 6.42 Å². The maximum Gasteiger partial charge on any atom is 0.0420 e. The Balaban J connectivity index is 2.05. The third-order valence-electron chi connectivity index (χ3n) is 3.44. The smallest absolute Gasteiger partial charge is 0.0420 e. The fraction of sp³-hybridized carbons (Fsp3) is 0.111. The molecule has 0 fully saturated rings. The highest BCUT2D eigenvalue weighted by atomic mass is 14.8. The molecule has 0 bridgehead atoms. The summed E-state index contributed by atoms with van der Waals surface area (Å²) in [5.74, 6) is 0. The van der Waals surface area contributed by atoms with Crippen molar-refractivity contribution in [2.45, 2.75) is 6.42 Å². The first-order chi connectivity index (χ1) is 9.36. The molecule has 0 aliphatic carbocycles. The van der Waals surface area contributed by atoms with E-state index in [2.05, 4.69) is 72.0 Å². The summed E-state index contributed by atoms with van der Waals surface area (Å²) in [6.07, 6.45) is 0.973. The molecule has 1 N–H and O–H groups in total. The molecule has 94 valence electrons. The molecule has 3 aromatic carbocycles. The van der Waals surface area contributed by atoms with Crippen LogP contribution in [0.4, 0.5) is 5.69 Å². The van der Waals surface area contributed by atoms with Gasteiger partial charge in [0.25, 0.3) is 0 Å². The van der Waals surface area contributed by atoms with Gasteiger partial charge in [-0.05, 0) is 29.0 Å². The van der Waals surface area contributed by atoms with Crippen molar-refractivity contribution in [1.82, 2.24) is 0 Å². The van der Waals surface area contributed by atoms with Crippen LogP contribution in [0.15, 0.2) is 66.7 Å². The molecule has 0 saturated carbocycles. The standard InChI is InChI=1S/C18H17N/c1-19-18-13-15(11-14-7-3-2-4-8-14)12-16-9-5-6-10-17(16)18/h2-10,12-13,19H,11H2,1H3. The SMILES string of the molecule is CNc1cc(Cc2ccccc2)cc2ccccc12. The average Bonchev–Trinajstić information content (AvgIpc) is 2.47. The van der Waals surface area contributed by atoms with E-state index < -0.39 is 0 Å². The molecular formula is C18H17N. The zero-order valence-electron chi connectivity index (χ0n) is 11.1. The second-order valence-corrected chi connectivity index (χ2v) is 4.78. The lowest BCUT2D eigenvalue weighted by Crippen LogP contribution is -1.94. The zero-order chi connectivity index (χ0) is 13.1. The van der Waals surface area contributed by atoms with Gasteiger partial charge in [-0.15, -0.1) is 0 Å². The predicted octanol–water partition coefficient (Wildman–Crippen LogP) is 4.47. The van der Waals surface area contributed by atoms with Gasteiger partial charge in [0.15, 0.2) is 0 Å². The minimum Gasteiger partial charge on any atom is -0.388 e. The number of rotatable bonds is 3. The molecule has 0 aliphatic rings. The Morgan fingerprint density at radius 2 is 1.53 bits per heavy atom. The van der Waals surface area contributed by atoms with E-state index in [9.17, 15) is 0 Å². The average molecular weight is 247 g/mol. The van der Waals surface area contributed by atoms with Crippen LogP contribution in [-0.4, -0.2) is 7.05 Å². The Kier molecular flexibility index (Phi) is 3.20. The van der Waals surface area contributed by atoms with E-state index in [1.807, 2.05) is 7.05 Å². The van der Waals surface area contributed by atoms with Gasteiger partial charge in [-0.3, -0.25) is 0 Å². The summed E-state index contributed by atoms with van der Waals surface area (Å²) >= 11 is 0. The van der Waals surface area contributed by atoms with Crippen LogP contribution in [0, 0.1) is 0 Å². The molecule has 0 radical (unpaired) electrons. The van der Waals surface area contributed by atoms with Crippen LogP contribution in [0.25, 0.3) is 10.8 Å². The maximum atomic E-state index is 3.30. The molecule has 0 spiro atoms. The van der Waals surface area contributed by atoms with E-state index in [4.69, 9.17) is 0 Å². The first-order valence-corrected chi connectivity index (χ1v) is 6.60. The third kappa shape index (κ3) is 2.45. The van der Waals surface area contributed by atoms with Crippen molar-refractivity contribution >= 4 is 16.5 Å². The summed E-state index contributed by atoms with van der Waals surface area (Å²) in [5.41, 5.74) is 3.89. The van der Waals surface area contributed by atoms with Gasteiger partial charge in [-0.1, -0.05) is 60.7 Å². The first kappa shape index (κ1) is 11.8. The molecule has 0 aliphatic heterocycles. The van der Waals surface area contributed by atoms with Crippen LogP contribution >= 0.6 is 0 Å². The molecule has 3 rings (SSSR count). The summed E-state index contributed by atoms with van der Waals surface area (Å²) in [6.45, 7) is 0.